The third kappa shape index (κ3) is 6.83. The standard InChI is InChI=1S/C15H20N6O4.2ClH/c1-4-24-14(22)9-25-12-6-5-11(7-13(12)23-3)8-17-19-15-20-18-10(2)21(15)16;;/h5-8H,4,9,16H2,1-3H3,(H,19,20);2*1H/b17-8+;;. The number of aryl methyl sites for hydroxylation is 1. The van der Waals surface area contributed by atoms with Crippen molar-refractivity contribution in [1.82, 2.24) is 14.9 Å². The van der Waals surface area contributed by atoms with Gasteiger partial charge in [0.15, 0.2) is 23.9 Å². The van der Waals surface area contributed by atoms with Gasteiger partial charge in [-0.15, -0.1) is 35.0 Å². The summed E-state index contributed by atoms with van der Waals surface area (Å²) in [5.74, 6) is 7.03. The fraction of sp³-hybridized carbons (Fsp3) is 0.333. The number of hydrogen-bond donors (Lipinski definition) is 2. The van der Waals surface area contributed by atoms with Gasteiger partial charge >= 0.3 is 5.97 Å². The van der Waals surface area contributed by atoms with Crippen LogP contribution in [0.5, 0.6) is 11.5 Å². The normalized spacial score (nSPS) is 9.89. The first-order valence-electron chi connectivity index (χ1n) is 7.47. The number of nitrogens with one attached hydrogen (secondary N) is 1. The van der Waals surface area contributed by atoms with Gasteiger partial charge in [0, 0.05) is 0 Å². The third-order valence-corrected chi connectivity index (χ3v) is 3.08. The first kappa shape index (κ1) is 24.3. The molecule has 0 aliphatic carbocycles. The Bertz CT molecular complexity index is 769. The Morgan fingerprint density at radius 3 is 2.67 bits per heavy atom. The summed E-state index contributed by atoms with van der Waals surface area (Å²) >= 11 is 0. The molecule has 150 valence electrons. The number of rotatable bonds is 8. The van der Waals surface area contributed by atoms with Crippen LogP contribution in [0.3, 0.4) is 0 Å². The van der Waals surface area contributed by atoms with Crippen LogP contribution in [0.4, 0.5) is 5.95 Å². The number of nitrogens with zero attached hydrogens (tertiary/aromatic N) is 4. The lowest BCUT2D eigenvalue weighted by molar-refractivity contribution is -0.145. The van der Waals surface area contributed by atoms with E-state index in [1.54, 1.807) is 38.3 Å². The van der Waals surface area contributed by atoms with E-state index >= 15 is 0 Å². The number of halogens is 2. The van der Waals surface area contributed by atoms with Crippen LogP contribution >= 0.6 is 24.8 Å². The molecule has 1 aromatic heterocycles. The van der Waals surface area contributed by atoms with Crippen molar-refractivity contribution in [3.63, 3.8) is 0 Å². The van der Waals surface area contributed by atoms with E-state index in [2.05, 4.69) is 20.7 Å². The summed E-state index contributed by atoms with van der Waals surface area (Å²) in [6, 6.07) is 5.14. The van der Waals surface area contributed by atoms with Crippen molar-refractivity contribution in [2.45, 2.75) is 13.8 Å². The largest absolute Gasteiger partial charge is 0.493 e. The number of aromatic nitrogens is 3. The Labute approximate surface area is 168 Å². The highest BCUT2D eigenvalue weighted by Gasteiger charge is 2.09. The van der Waals surface area contributed by atoms with Gasteiger partial charge in [-0.3, -0.25) is 0 Å². The molecule has 10 nitrogen and oxygen atoms in total. The van der Waals surface area contributed by atoms with Crippen molar-refractivity contribution >= 4 is 42.9 Å². The minimum absolute atomic E-state index is 0. The number of hydrazone groups is 1. The van der Waals surface area contributed by atoms with Gasteiger partial charge < -0.3 is 20.1 Å². The number of nitrogen functional groups attached to an aromatic ring is 1. The van der Waals surface area contributed by atoms with E-state index in [1.165, 1.54) is 11.8 Å². The molecule has 0 bridgehead atoms. The minimum atomic E-state index is -0.444. The Kier molecular flexibility index (Phi) is 10.6. The van der Waals surface area contributed by atoms with Crippen LogP contribution in [-0.4, -0.2) is 47.4 Å². The number of carbonyl (C=O) groups is 1. The lowest BCUT2D eigenvalue weighted by Gasteiger charge is -2.10. The molecule has 2 rings (SSSR count). The van der Waals surface area contributed by atoms with Gasteiger partial charge in [-0.25, -0.2) is 14.9 Å². The van der Waals surface area contributed by atoms with Crippen LogP contribution in [0.1, 0.15) is 18.3 Å². The lowest BCUT2D eigenvalue weighted by atomic mass is 10.2. The van der Waals surface area contributed by atoms with Crippen LogP contribution < -0.4 is 20.7 Å². The number of anilines is 1. The second-order valence-corrected chi connectivity index (χ2v) is 4.81. The van der Waals surface area contributed by atoms with Gasteiger partial charge in [-0.2, -0.15) is 5.10 Å². The lowest BCUT2D eigenvalue weighted by Crippen LogP contribution is -2.15. The Morgan fingerprint density at radius 1 is 1.33 bits per heavy atom. The first-order chi connectivity index (χ1) is 12.0. The minimum Gasteiger partial charge on any atom is -0.493 e. The van der Waals surface area contributed by atoms with Crippen molar-refractivity contribution in [3.05, 3.63) is 29.6 Å². The molecule has 0 saturated heterocycles. The van der Waals surface area contributed by atoms with E-state index in [9.17, 15) is 4.79 Å². The summed E-state index contributed by atoms with van der Waals surface area (Å²) < 4.78 is 16.7. The van der Waals surface area contributed by atoms with E-state index in [4.69, 9.17) is 20.1 Å². The zero-order valence-corrected chi connectivity index (χ0v) is 16.7. The molecule has 1 aromatic carbocycles. The topological polar surface area (TPSA) is 126 Å². The molecule has 3 N–H and O–H groups in total. The number of esters is 1. The highest BCUT2D eigenvalue weighted by Crippen LogP contribution is 2.27. The molecule has 1 heterocycles. The third-order valence-electron chi connectivity index (χ3n) is 3.08. The first-order valence-corrected chi connectivity index (χ1v) is 7.47. The number of carbonyl (C=O) groups excluding carboxylic acids is 1. The molecule has 0 atom stereocenters. The Balaban J connectivity index is 0.00000338. The maximum atomic E-state index is 11.3. The molecule has 0 unspecified atom stereocenters. The van der Waals surface area contributed by atoms with Crippen molar-refractivity contribution in [2.24, 2.45) is 5.10 Å². The van der Waals surface area contributed by atoms with Gasteiger partial charge in [-0.1, -0.05) is 0 Å². The summed E-state index contributed by atoms with van der Waals surface area (Å²) in [7, 11) is 1.51. The average Bonchev–Trinajstić information content (AvgIpc) is 2.93. The fourth-order valence-electron chi connectivity index (χ4n) is 1.83. The molecule has 0 spiro atoms. The summed E-state index contributed by atoms with van der Waals surface area (Å²) in [5.41, 5.74) is 3.43. The van der Waals surface area contributed by atoms with E-state index in [0.717, 1.165) is 5.56 Å². The molecular weight excluding hydrogens is 399 g/mol. The molecular formula is C15H22Cl2N6O4. The van der Waals surface area contributed by atoms with Gasteiger partial charge in [-0.05, 0) is 37.6 Å². The molecule has 27 heavy (non-hydrogen) atoms. The maximum absolute atomic E-state index is 11.3. The van der Waals surface area contributed by atoms with E-state index in [1.807, 2.05) is 0 Å². The van der Waals surface area contributed by atoms with Gasteiger partial charge in [0.05, 0.1) is 19.9 Å². The molecule has 0 aliphatic heterocycles. The average molecular weight is 421 g/mol. The predicted molar refractivity (Wildman–Crippen MR) is 106 cm³/mol. The smallest absolute Gasteiger partial charge is 0.344 e. The Hall–Kier alpha value is -2.72. The van der Waals surface area contributed by atoms with Crippen molar-refractivity contribution in [3.8, 4) is 11.5 Å². The van der Waals surface area contributed by atoms with E-state index in [0.29, 0.717) is 29.9 Å². The monoisotopic (exact) mass is 420 g/mol. The number of hydrogen-bond acceptors (Lipinski definition) is 9. The van der Waals surface area contributed by atoms with E-state index in [-0.39, 0.29) is 31.4 Å². The molecule has 0 aliphatic rings. The zero-order chi connectivity index (χ0) is 18.2. The summed E-state index contributed by atoms with van der Waals surface area (Å²) in [6.45, 7) is 3.57. The molecule has 0 amide bonds. The summed E-state index contributed by atoms with van der Waals surface area (Å²) in [6.07, 6.45) is 1.56. The molecule has 2 aromatic rings. The summed E-state index contributed by atoms with van der Waals surface area (Å²) in [4.78, 5) is 11.3. The molecule has 0 radical (unpaired) electrons. The summed E-state index contributed by atoms with van der Waals surface area (Å²) in [5, 5.41) is 11.7. The predicted octanol–water partition coefficient (Wildman–Crippen LogP) is 1.54. The number of ether oxygens (including phenoxy) is 3. The quantitative estimate of drug-likeness (QED) is 0.285. The highest BCUT2D eigenvalue weighted by atomic mass is 35.5. The van der Waals surface area contributed by atoms with Crippen molar-refractivity contribution in [2.75, 3.05) is 31.6 Å². The molecule has 0 saturated carbocycles. The number of methoxy groups -OCH3 is 1. The number of benzene rings is 1. The SMILES string of the molecule is CCOC(=O)COc1ccc(/C=N/Nc2nnc(C)n2N)cc1OC.Cl.Cl. The van der Waals surface area contributed by atoms with Gasteiger partial charge in [0.1, 0.15) is 0 Å². The highest BCUT2D eigenvalue weighted by molar-refractivity contribution is 5.85. The number of nitrogens with two attached hydrogens (primary N) is 1. The Morgan fingerprint density at radius 2 is 2.07 bits per heavy atom. The van der Waals surface area contributed by atoms with Crippen molar-refractivity contribution in [1.29, 1.82) is 0 Å². The fourth-order valence-corrected chi connectivity index (χ4v) is 1.83. The van der Waals surface area contributed by atoms with E-state index < -0.39 is 5.97 Å². The zero-order valence-electron chi connectivity index (χ0n) is 15.0. The maximum Gasteiger partial charge on any atom is 0.344 e. The van der Waals surface area contributed by atoms with Crippen LogP contribution in [-0.2, 0) is 9.53 Å². The van der Waals surface area contributed by atoms with Crippen LogP contribution in [0.2, 0.25) is 0 Å². The van der Waals surface area contributed by atoms with Gasteiger partial charge in [0.25, 0.3) is 5.95 Å². The molecule has 12 heteroatoms. The van der Waals surface area contributed by atoms with Crippen LogP contribution in [0.25, 0.3) is 0 Å². The van der Waals surface area contributed by atoms with Crippen LogP contribution in [0.15, 0.2) is 23.3 Å². The second kappa shape index (κ2) is 11.8. The molecule has 0 fully saturated rings. The van der Waals surface area contributed by atoms with Crippen LogP contribution in [0, 0.1) is 6.92 Å². The second-order valence-electron chi connectivity index (χ2n) is 4.81. The van der Waals surface area contributed by atoms with Crippen molar-refractivity contribution < 1.29 is 19.0 Å². The van der Waals surface area contributed by atoms with Gasteiger partial charge in [0.2, 0.25) is 0 Å².